The number of likely N-dealkylation sites (tertiary alicyclic amines) is 1. The number of hydrogen-bond donors (Lipinski definition) is 1. The second kappa shape index (κ2) is 8.63. The lowest BCUT2D eigenvalue weighted by Crippen LogP contribution is -2.46. The first-order valence-corrected chi connectivity index (χ1v) is 14.1. The molecule has 0 bridgehead atoms. The van der Waals surface area contributed by atoms with Crippen molar-refractivity contribution in [2.24, 2.45) is 11.8 Å². The van der Waals surface area contributed by atoms with Crippen molar-refractivity contribution in [2.75, 3.05) is 13.1 Å². The first-order valence-electron chi connectivity index (χ1n) is 14.1. The molecular formula is C32H35N3O3. The van der Waals surface area contributed by atoms with Gasteiger partial charge in [-0.25, -0.2) is 9.97 Å². The van der Waals surface area contributed by atoms with Crippen LogP contribution < -0.4 is 4.74 Å². The summed E-state index contributed by atoms with van der Waals surface area (Å²) in [6.45, 7) is 8.02. The number of carbonyl (C=O) groups is 1. The molecule has 6 heteroatoms. The van der Waals surface area contributed by atoms with E-state index in [0.717, 1.165) is 51.4 Å². The van der Waals surface area contributed by atoms with Gasteiger partial charge in [0.2, 0.25) is 0 Å². The van der Waals surface area contributed by atoms with E-state index in [1.807, 2.05) is 29.2 Å². The Balaban J connectivity index is 1.43. The molecule has 1 amide bonds. The van der Waals surface area contributed by atoms with E-state index in [4.69, 9.17) is 14.7 Å². The molecule has 2 aliphatic heterocycles. The largest absolute Gasteiger partial charge is 0.487 e. The summed E-state index contributed by atoms with van der Waals surface area (Å²) in [7, 11) is 0. The number of amides is 1. The molecule has 0 radical (unpaired) electrons. The molecule has 3 heterocycles. The quantitative estimate of drug-likeness (QED) is 0.243. The number of aliphatic hydroxyl groups excluding tert-OH is 1. The number of carbonyl (C=O) groups excluding carboxylic acids is 1. The Morgan fingerprint density at radius 2 is 1.71 bits per heavy atom. The molecule has 1 N–H and O–H groups in total. The molecule has 2 fully saturated rings. The van der Waals surface area contributed by atoms with Crippen LogP contribution in [0.15, 0.2) is 42.5 Å². The van der Waals surface area contributed by atoms with Crippen LogP contribution in [-0.4, -0.2) is 50.7 Å². The summed E-state index contributed by atoms with van der Waals surface area (Å²) in [4.78, 5) is 25.5. The standard InChI is InChI=1S/C32H35N3O3/c1-18-8-10-24-23(16-18)27-29-28(21-6-4-5-7-22(21)30(27)38-32(24,2)3)34-26-17-19(9-11-25(26)33-29)31(37)35-14-12-20(36)13-15-35/h4-7,9,11,17-18,20,23-24,36H,8,10,12-16H2,1-3H3. The summed E-state index contributed by atoms with van der Waals surface area (Å²) in [5.41, 5.74) is 4.96. The van der Waals surface area contributed by atoms with Gasteiger partial charge in [0.15, 0.2) is 0 Å². The Hall–Kier alpha value is -3.25. The lowest BCUT2D eigenvalue weighted by Gasteiger charge is -2.49. The monoisotopic (exact) mass is 509 g/mol. The van der Waals surface area contributed by atoms with Crippen molar-refractivity contribution in [3.63, 3.8) is 0 Å². The van der Waals surface area contributed by atoms with Gasteiger partial charge in [0.1, 0.15) is 11.4 Å². The Morgan fingerprint density at radius 3 is 2.50 bits per heavy atom. The molecular weight excluding hydrogens is 474 g/mol. The minimum atomic E-state index is -0.312. The molecule has 4 aromatic rings. The Bertz CT molecular complexity index is 1590. The third-order valence-electron chi connectivity index (χ3n) is 9.33. The third kappa shape index (κ3) is 3.68. The fourth-order valence-electron chi connectivity index (χ4n) is 7.28. The number of ether oxygens (including phenoxy) is 1. The highest BCUT2D eigenvalue weighted by Gasteiger charge is 2.47. The lowest BCUT2D eigenvalue weighted by atomic mass is 9.64. The molecule has 196 valence electrons. The van der Waals surface area contributed by atoms with E-state index in [-0.39, 0.29) is 17.6 Å². The molecule has 0 spiro atoms. The molecule has 1 aliphatic carbocycles. The van der Waals surface area contributed by atoms with Gasteiger partial charge in [-0.15, -0.1) is 0 Å². The van der Waals surface area contributed by atoms with Crippen molar-refractivity contribution in [3.05, 3.63) is 53.6 Å². The van der Waals surface area contributed by atoms with Crippen LogP contribution in [0.3, 0.4) is 0 Å². The molecule has 3 atom stereocenters. The maximum absolute atomic E-state index is 13.2. The number of aliphatic hydroxyl groups is 1. The fraction of sp³-hybridized carbons (Fsp3) is 0.469. The Labute approximate surface area is 223 Å². The maximum Gasteiger partial charge on any atom is 0.253 e. The van der Waals surface area contributed by atoms with E-state index in [1.54, 1.807) is 0 Å². The summed E-state index contributed by atoms with van der Waals surface area (Å²) >= 11 is 0. The number of rotatable bonds is 1. The van der Waals surface area contributed by atoms with Crippen LogP contribution in [0.5, 0.6) is 5.75 Å². The number of hydrogen-bond acceptors (Lipinski definition) is 5. The van der Waals surface area contributed by atoms with E-state index in [2.05, 4.69) is 39.0 Å². The van der Waals surface area contributed by atoms with Crippen molar-refractivity contribution >= 4 is 38.7 Å². The highest BCUT2D eigenvalue weighted by Crippen LogP contribution is 2.56. The van der Waals surface area contributed by atoms with Crippen LogP contribution in [0.2, 0.25) is 0 Å². The first kappa shape index (κ1) is 23.8. The zero-order chi connectivity index (χ0) is 26.2. The molecule has 6 nitrogen and oxygen atoms in total. The third-order valence-corrected chi connectivity index (χ3v) is 9.33. The van der Waals surface area contributed by atoms with Gasteiger partial charge in [-0.2, -0.15) is 0 Å². The van der Waals surface area contributed by atoms with Crippen LogP contribution in [0.4, 0.5) is 0 Å². The fourth-order valence-corrected chi connectivity index (χ4v) is 7.28. The van der Waals surface area contributed by atoms with E-state index in [0.29, 0.717) is 49.2 Å². The van der Waals surface area contributed by atoms with Gasteiger partial charge in [0.25, 0.3) is 5.91 Å². The van der Waals surface area contributed by atoms with Crippen molar-refractivity contribution < 1.29 is 14.6 Å². The van der Waals surface area contributed by atoms with E-state index >= 15 is 0 Å². The SMILES string of the molecule is CC1CCC2C(C1)c1c(c3ccccc3c3nc4cc(C(=O)N5CCC(O)CC5)ccc4nc13)OC2(C)C. The zero-order valence-electron chi connectivity index (χ0n) is 22.4. The average Bonchev–Trinajstić information content (AvgIpc) is 2.91. The molecule has 1 saturated carbocycles. The van der Waals surface area contributed by atoms with Crippen LogP contribution >= 0.6 is 0 Å². The van der Waals surface area contributed by atoms with Gasteiger partial charge in [-0.05, 0) is 69.6 Å². The second-order valence-corrected chi connectivity index (χ2v) is 12.3. The number of piperidine rings is 1. The topological polar surface area (TPSA) is 75.6 Å². The van der Waals surface area contributed by atoms with Gasteiger partial charge >= 0.3 is 0 Å². The molecule has 1 saturated heterocycles. The van der Waals surface area contributed by atoms with Crippen molar-refractivity contribution in [2.45, 2.75) is 70.5 Å². The molecule has 3 aliphatic rings. The van der Waals surface area contributed by atoms with Crippen molar-refractivity contribution in [3.8, 4) is 5.75 Å². The molecule has 3 aromatic carbocycles. The summed E-state index contributed by atoms with van der Waals surface area (Å²) < 4.78 is 6.85. The first-order chi connectivity index (χ1) is 18.3. The van der Waals surface area contributed by atoms with Crippen LogP contribution in [0, 0.1) is 11.8 Å². The summed E-state index contributed by atoms with van der Waals surface area (Å²) in [6, 6.07) is 14.1. The average molecular weight is 510 g/mol. The van der Waals surface area contributed by atoms with Crippen molar-refractivity contribution in [1.29, 1.82) is 0 Å². The maximum atomic E-state index is 13.2. The van der Waals surface area contributed by atoms with E-state index in [1.165, 1.54) is 12.0 Å². The Kier molecular flexibility index (Phi) is 5.42. The molecule has 38 heavy (non-hydrogen) atoms. The number of benzene rings is 3. The van der Waals surface area contributed by atoms with Gasteiger partial charge in [-0.3, -0.25) is 4.79 Å². The molecule has 1 aromatic heterocycles. The van der Waals surface area contributed by atoms with Gasteiger partial charge in [-0.1, -0.05) is 37.6 Å². The predicted octanol–water partition coefficient (Wildman–Crippen LogP) is 6.22. The van der Waals surface area contributed by atoms with Gasteiger partial charge in [0, 0.05) is 40.9 Å². The zero-order valence-corrected chi connectivity index (χ0v) is 22.4. The smallest absolute Gasteiger partial charge is 0.253 e. The summed E-state index contributed by atoms with van der Waals surface area (Å²) in [6.07, 6.45) is 4.47. The minimum absolute atomic E-state index is 0.00865. The normalized spacial score (nSPS) is 25.3. The number of fused-ring (bicyclic) bond motifs is 9. The van der Waals surface area contributed by atoms with Crippen LogP contribution in [0.25, 0.3) is 32.8 Å². The molecule has 3 unspecified atom stereocenters. The highest BCUT2D eigenvalue weighted by atomic mass is 16.5. The van der Waals surface area contributed by atoms with Gasteiger partial charge < -0.3 is 14.7 Å². The van der Waals surface area contributed by atoms with Crippen LogP contribution in [-0.2, 0) is 0 Å². The molecule has 7 rings (SSSR count). The van der Waals surface area contributed by atoms with Crippen molar-refractivity contribution in [1.82, 2.24) is 14.9 Å². The second-order valence-electron chi connectivity index (χ2n) is 12.3. The number of aromatic nitrogens is 2. The lowest BCUT2D eigenvalue weighted by molar-refractivity contribution is -0.0115. The summed E-state index contributed by atoms with van der Waals surface area (Å²) in [5.74, 6) is 2.45. The number of nitrogens with zero attached hydrogens (tertiary/aromatic N) is 3. The summed E-state index contributed by atoms with van der Waals surface area (Å²) in [5, 5.41) is 12.0. The van der Waals surface area contributed by atoms with E-state index < -0.39 is 0 Å². The Morgan fingerprint density at radius 1 is 0.974 bits per heavy atom. The van der Waals surface area contributed by atoms with Gasteiger partial charge in [0.05, 0.1) is 28.2 Å². The van der Waals surface area contributed by atoms with E-state index in [9.17, 15) is 9.90 Å². The minimum Gasteiger partial charge on any atom is -0.487 e. The predicted molar refractivity (Wildman–Crippen MR) is 150 cm³/mol. The highest BCUT2D eigenvalue weighted by molar-refractivity contribution is 6.11. The van der Waals surface area contributed by atoms with Crippen LogP contribution in [0.1, 0.15) is 74.7 Å².